The summed E-state index contributed by atoms with van der Waals surface area (Å²) < 4.78 is 0. The van der Waals surface area contributed by atoms with Crippen molar-refractivity contribution < 1.29 is 0 Å². The van der Waals surface area contributed by atoms with Crippen LogP contribution in [-0.4, -0.2) is 31.1 Å². The topological polar surface area (TPSA) is 29.3 Å². The van der Waals surface area contributed by atoms with Gasteiger partial charge in [0.1, 0.15) is 0 Å². The zero-order chi connectivity index (χ0) is 9.56. The van der Waals surface area contributed by atoms with Crippen molar-refractivity contribution in [1.82, 2.24) is 4.90 Å². The molecular formula is C10H24N2. The van der Waals surface area contributed by atoms with Crippen LogP contribution in [0.3, 0.4) is 0 Å². The summed E-state index contributed by atoms with van der Waals surface area (Å²) in [5, 5.41) is 0. The fourth-order valence-electron chi connectivity index (χ4n) is 1.25. The molecule has 0 saturated heterocycles. The van der Waals surface area contributed by atoms with Gasteiger partial charge in [-0.2, -0.15) is 0 Å². The molecular weight excluding hydrogens is 148 g/mol. The molecule has 2 heteroatoms. The van der Waals surface area contributed by atoms with Crippen molar-refractivity contribution in [2.45, 2.75) is 51.6 Å². The fraction of sp³-hybridized carbons (Fsp3) is 1.00. The SMILES string of the molecule is CCCCCC(N)C(C)N(C)C. The minimum absolute atomic E-state index is 0.339. The van der Waals surface area contributed by atoms with Gasteiger partial charge in [-0.3, -0.25) is 0 Å². The van der Waals surface area contributed by atoms with Crippen LogP contribution < -0.4 is 5.73 Å². The Bertz CT molecular complexity index is 102. The third-order valence-electron chi connectivity index (χ3n) is 2.58. The van der Waals surface area contributed by atoms with Gasteiger partial charge in [0.25, 0.3) is 0 Å². The third kappa shape index (κ3) is 4.73. The van der Waals surface area contributed by atoms with Crippen molar-refractivity contribution in [1.29, 1.82) is 0 Å². The van der Waals surface area contributed by atoms with E-state index in [1.165, 1.54) is 19.3 Å². The number of hydrogen-bond donors (Lipinski definition) is 1. The number of likely N-dealkylation sites (N-methyl/N-ethyl adjacent to an activating group) is 1. The Morgan fingerprint density at radius 3 is 2.25 bits per heavy atom. The second kappa shape index (κ2) is 6.44. The predicted octanol–water partition coefficient (Wildman–Crippen LogP) is 1.84. The first-order valence-electron chi connectivity index (χ1n) is 5.01. The molecule has 0 spiro atoms. The minimum atomic E-state index is 0.339. The number of hydrogen-bond acceptors (Lipinski definition) is 2. The summed E-state index contributed by atoms with van der Waals surface area (Å²) in [5.41, 5.74) is 6.02. The molecule has 0 bridgehead atoms. The lowest BCUT2D eigenvalue weighted by Crippen LogP contribution is -2.42. The van der Waals surface area contributed by atoms with E-state index in [9.17, 15) is 0 Å². The van der Waals surface area contributed by atoms with Gasteiger partial charge >= 0.3 is 0 Å². The summed E-state index contributed by atoms with van der Waals surface area (Å²) in [7, 11) is 4.18. The standard InChI is InChI=1S/C10H24N2/c1-5-6-7-8-10(11)9(2)12(3)4/h9-10H,5-8,11H2,1-4H3. The average Bonchev–Trinajstić information content (AvgIpc) is 2.03. The highest BCUT2D eigenvalue weighted by Crippen LogP contribution is 2.07. The molecule has 0 aliphatic heterocycles. The molecule has 0 aromatic heterocycles. The van der Waals surface area contributed by atoms with Gasteiger partial charge in [0.05, 0.1) is 0 Å². The second-order valence-corrected chi connectivity index (χ2v) is 3.86. The first kappa shape index (κ1) is 11.9. The molecule has 2 unspecified atom stereocenters. The molecule has 12 heavy (non-hydrogen) atoms. The Balaban J connectivity index is 3.49. The molecule has 0 aromatic rings. The number of nitrogens with two attached hydrogens (primary N) is 1. The van der Waals surface area contributed by atoms with Gasteiger partial charge < -0.3 is 10.6 Å². The van der Waals surface area contributed by atoms with E-state index in [-0.39, 0.29) is 0 Å². The van der Waals surface area contributed by atoms with Crippen LogP contribution in [-0.2, 0) is 0 Å². The van der Waals surface area contributed by atoms with E-state index in [2.05, 4.69) is 32.8 Å². The molecule has 0 radical (unpaired) electrons. The largest absolute Gasteiger partial charge is 0.326 e. The van der Waals surface area contributed by atoms with Crippen LogP contribution in [0.5, 0.6) is 0 Å². The van der Waals surface area contributed by atoms with Crippen LogP contribution in [0.2, 0.25) is 0 Å². The summed E-state index contributed by atoms with van der Waals surface area (Å²) in [6.45, 7) is 4.41. The third-order valence-corrected chi connectivity index (χ3v) is 2.58. The minimum Gasteiger partial charge on any atom is -0.326 e. The van der Waals surface area contributed by atoms with Crippen molar-refractivity contribution in [2.24, 2.45) is 5.73 Å². The smallest absolute Gasteiger partial charge is 0.0212 e. The van der Waals surface area contributed by atoms with Crippen molar-refractivity contribution in [2.75, 3.05) is 14.1 Å². The summed E-state index contributed by atoms with van der Waals surface area (Å²) in [6, 6.07) is 0.841. The Hall–Kier alpha value is -0.0800. The maximum absolute atomic E-state index is 6.02. The van der Waals surface area contributed by atoms with Crippen LogP contribution in [0.1, 0.15) is 39.5 Å². The highest BCUT2D eigenvalue weighted by Gasteiger charge is 2.13. The van der Waals surface area contributed by atoms with Crippen molar-refractivity contribution in [3.63, 3.8) is 0 Å². The van der Waals surface area contributed by atoms with E-state index in [0.29, 0.717) is 12.1 Å². The number of rotatable bonds is 6. The van der Waals surface area contributed by atoms with Crippen LogP contribution in [0, 0.1) is 0 Å². The highest BCUT2D eigenvalue weighted by molar-refractivity contribution is 4.74. The molecule has 0 fully saturated rings. The Kier molecular flexibility index (Phi) is 6.39. The van der Waals surface area contributed by atoms with Crippen LogP contribution >= 0.6 is 0 Å². The van der Waals surface area contributed by atoms with Crippen LogP contribution in [0.25, 0.3) is 0 Å². The van der Waals surface area contributed by atoms with Crippen LogP contribution in [0.15, 0.2) is 0 Å². The van der Waals surface area contributed by atoms with E-state index in [0.717, 1.165) is 6.42 Å². The molecule has 0 rings (SSSR count). The molecule has 0 aromatic carbocycles. The van der Waals surface area contributed by atoms with E-state index in [1.54, 1.807) is 0 Å². The molecule has 0 aliphatic carbocycles. The molecule has 0 amide bonds. The number of nitrogens with zero attached hydrogens (tertiary/aromatic N) is 1. The van der Waals surface area contributed by atoms with Crippen molar-refractivity contribution in [3.8, 4) is 0 Å². The molecule has 2 N–H and O–H groups in total. The van der Waals surface area contributed by atoms with Gasteiger partial charge in [-0.25, -0.2) is 0 Å². The molecule has 2 atom stereocenters. The Labute approximate surface area is 77.1 Å². The van der Waals surface area contributed by atoms with Gasteiger partial charge in [-0.15, -0.1) is 0 Å². The molecule has 0 aliphatic rings. The molecule has 2 nitrogen and oxygen atoms in total. The van der Waals surface area contributed by atoms with Crippen molar-refractivity contribution in [3.05, 3.63) is 0 Å². The summed E-state index contributed by atoms with van der Waals surface area (Å²) >= 11 is 0. The number of unbranched alkanes of at least 4 members (excludes halogenated alkanes) is 2. The monoisotopic (exact) mass is 172 g/mol. The van der Waals surface area contributed by atoms with Gasteiger partial charge in [-0.1, -0.05) is 26.2 Å². The summed E-state index contributed by atoms with van der Waals surface area (Å²) in [5.74, 6) is 0. The molecule has 0 heterocycles. The first-order chi connectivity index (χ1) is 5.59. The van der Waals surface area contributed by atoms with E-state index in [1.807, 2.05) is 0 Å². The lowest BCUT2D eigenvalue weighted by atomic mass is 10.0. The summed E-state index contributed by atoms with van der Waals surface area (Å²) in [6.07, 6.45) is 5.03. The Morgan fingerprint density at radius 1 is 1.25 bits per heavy atom. The van der Waals surface area contributed by atoms with E-state index >= 15 is 0 Å². The zero-order valence-corrected chi connectivity index (χ0v) is 9.01. The van der Waals surface area contributed by atoms with Crippen LogP contribution in [0.4, 0.5) is 0 Å². The fourth-order valence-corrected chi connectivity index (χ4v) is 1.25. The molecule has 74 valence electrons. The quantitative estimate of drug-likeness (QED) is 0.619. The summed E-state index contributed by atoms with van der Waals surface area (Å²) in [4.78, 5) is 2.19. The van der Waals surface area contributed by atoms with Crippen molar-refractivity contribution >= 4 is 0 Å². The lowest BCUT2D eigenvalue weighted by Gasteiger charge is -2.26. The first-order valence-corrected chi connectivity index (χ1v) is 5.01. The van der Waals surface area contributed by atoms with Gasteiger partial charge in [0.15, 0.2) is 0 Å². The lowest BCUT2D eigenvalue weighted by molar-refractivity contribution is 0.262. The predicted molar refractivity (Wildman–Crippen MR) is 55.3 cm³/mol. The van der Waals surface area contributed by atoms with Gasteiger partial charge in [-0.05, 0) is 27.4 Å². The van der Waals surface area contributed by atoms with Gasteiger partial charge in [0.2, 0.25) is 0 Å². The maximum atomic E-state index is 6.02. The van der Waals surface area contributed by atoms with E-state index < -0.39 is 0 Å². The Morgan fingerprint density at radius 2 is 1.83 bits per heavy atom. The normalized spacial score (nSPS) is 16.5. The van der Waals surface area contributed by atoms with E-state index in [4.69, 9.17) is 5.73 Å². The zero-order valence-electron chi connectivity index (χ0n) is 9.01. The second-order valence-electron chi connectivity index (χ2n) is 3.86. The molecule has 0 saturated carbocycles. The average molecular weight is 172 g/mol. The van der Waals surface area contributed by atoms with Gasteiger partial charge in [0, 0.05) is 12.1 Å². The maximum Gasteiger partial charge on any atom is 0.0212 e. The highest BCUT2D eigenvalue weighted by atomic mass is 15.1.